The van der Waals surface area contributed by atoms with Crippen molar-refractivity contribution in [2.24, 2.45) is 16.6 Å². The van der Waals surface area contributed by atoms with Crippen LogP contribution in [0.5, 0.6) is 5.88 Å². The number of guanidine groups is 1. The Morgan fingerprint density at radius 1 is 1.36 bits per heavy atom. The number of nitrogens with two attached hydrogens (primary N) is 1. The zero-order valence-corrected chi connectivity index (χ0v) is 16.7. The van der Waals surface area contributed by atoms with Gasteiger partial charge in [-0.05, 0) is 50.2 Å². The van der Waals surface area contributed by atoms with Crippen LogP contribution in [0.1, 0.15) is 38.2 Å². The molecule has 0 spiro atoms. The molecular weight excluding hydrogens is 356 g/mol. The lowest BCUT2D eigenvalue weighted by atomic mass is 10.1. The minimum Gasteiger partial charge on any atom is -0.477 e. The van der Waals surface area contributed by atoms with Crippen LogP contribution in [0.2, 0.25) is 0 Å². The Labute approximate surface area is 166 Å². The van der Waals surface area contributed by atoms with Crippen molar-refractivity contribution in [2.45, 2.75) is 45.2 Å². The summed E-state index contributed by atoms with van der Waals surface area (Å²) in [5.41, 5.74) is 6.36. The number of pyridine rings is 1. The Morgan fingerprint density at radius 3 is 2.82 bits per heavy atom. The zero-order chi connectivity index (χ0) is 19.8. The summed E-state index contributed by atoms with van der Waals surface area (Å²) in [6.07, 6.45) is 6.24. The summed E-state index contributed by atoms with van der Waals surface area (Å²) in [7, 11) is 0. The van der Waals surface area contributed by atoms with Crippen molar-refractivity contribution in [3.05, 3.63) is 23.9 Å². The molecule has 1 saturated carbocycles. The van der Waals surface area contributed by atoms with Gasteiger partial charge in [0.05, 0.1) is 19.7 Å². The highest BCUT2D eigenvalue weighted by Crippen LogP contribution is 2.29. The van der Waals surface area contributed by atoms with E-state index in [9.17, 15) is 4.79 Å². The Hall–Kier alpha value is -2.35. The number of hydrogen-bond donors (Lipinski definition) is 3. The first kappa shape index (κ1) is 20.4. The Kier molecular flexibility index (Phi) is 7.47. The van der Waals surface area contributed by atoms with Gasteiger partial charge in [-0.3, -0.25) is 9.69 Å². The van der Waals surface area contributed by atoms with Crippen molar-refractivity contribution in [3.63, 3.8) is 0 Å². The summed E-state index contributed by atoms with van der Waals surface area (Å²) < 4.78 is 5.76. The van der Waals surface area contributed by atoms with Crippen LogP contribution in [0.3, 0.4) is 0 Å². The topological polar surface area (TPSA) is 105 Å². The lowest BCUT2D eigenvalue weighted by Gasteiger charge is -2.32. The van der Waals surface area contributed by atoms with Crippen LogP contribution < -0.4 is 21.1 Å². The van der Waals surface area contributed by atoms with E-state index in [1.165, 1.54) is 12.8 Å². The minimum absolute atomic E-state index is 0.265. The molecule has 0 atom stereocenters. The first-order chi connectivity index (χ1) is 13.6. The first-order valence-electron chi connectivity index (χ1n) is 10.3. The van der Waals surface area contributed by atoms with Gasteiger partial charge in [0.25, 0.3) is 0 Å². The third kappa shape index (κ3) is 6.99. The maximum Gasteiger partial charge on any atom is 0.231 e. The third-order valence-corrected chi connectivity index (χ3v) is 5.03. The second kappa shape index (κ2) is 10.3. The molecule has 1 saturated heterocycles. The monoisotopic (exact) mass is 388 g/mol. The van der Waals surface area contributed by atoms with Crippen LogP contribution in [-0.2, 0) is 11.3 Å². The lowest BCUT2D eigenvalue weighted by molar-refractivity contribution is -0.119. The number of aliphatic imine (C=N–C) groups is 1. The fourth-order valence-electron chi connectivity index (χ4n) is 3.25. The number of hydrogen-bond acceptors (Lipinski definition) is 5. The van der Waals surface area contributed by atoms with Crippen LogP contribution in [0.4, 0.5) is 0 Å². The van der Waals surface area contributed by atoms with E-state index in [0.717, 1.165) is 50.6 Å². The van der Waals surface area contributed by atoms with E-state index in [1.807, 2.05) is 12.1 Å². The second-order valence-electron chi connectivity index (χ2n) is 7.61. The number of nitrogens with zero attached hydrogens (tertiary/aromatic N) is 3. The van der Waals surface area contributed by atoms with Crippen LogP contribution in [0.15, 0.2) is 23.3 Å². The number of primary amides is 1. The molecule has 154 valence electrons. The lowest BCUT2D eigenvalue weighted by Crippen LogP contribution is -2.49. The summed E-state index contributed by atoms with van der Waals surface area (Å²) in [4.78, 5) is 22.2. The largest absolute Gasteiger partial charge is 0.477 e. The number of piperidine rings is 1. The predicted octanol–water partition coefficient (Wildman–Crippen LogP) is 0.875. The number of rotatable bonds is 9. The molecule has 0 bridgehead atoms. The standard InChI is InChI=1S/C20H32N6O2/c1-2-22-20(25-17-6-9-26(10-7-17)13-18(21)27)24-12-16-5-8-23-19(11-16)28-14-15-3-4-15/h5,8,11,15,17H,2-4,6-7,9-10,12-14H2,1H3,(H2,21,27)(H2,22,24,25). The van der Waals surface area contributed by atoms with Crippen molar-refractivity contribution in [3.8, 4) is 5.88 Å². The van der Waals surface area contributed by atoms with Crippen LogP contribution in [-0.4, -0.2) is 60.6 Å². The van der Waals surface area contributed by atoms with Crippen molar-refractivity contribution in [1.29, 1.82) is 0 Å². The van der Waals surface area contributed by atoms with E-state index < -0.39 is 0 Å². The molecule has 4 N–H and O–H groups in total. The molecule has 2 heterocycles. The molecule has 0 aromatic carbocycles. The molecule has 8 heteroatoms. The number of amides is 1. The fourth-order valence-corrected chi connectivity index (χ4v) is 3.25. The summed E-state index contributed by atoms with van der Waals surface area (Å²) in [6.45, 7) is 6.27. The molecule has 1 aromatic heterocycles. The number of ether oxygens (including phenoxy) is 1. The van der Waals surface area contributed by atoms with E-state index in [2.05, 4.69) is 27.4 Å². The maximum atomic E-state index is 11.1. The van der Waals surface area contributed by atoms with E-state index in [1.54, 1.807) is 6.20 Å². The molecule has 28 heavy (non-hydrogen) atoms. The maximum absolute atomic E-state index is 11.1. The van der Waals surface area contributed by atoms with Gasteiger partial charge in [0.1, 0.15) is 0 Å². The highest BCUT2D eigenvalue weighted by atomic mass is 16.5. The first-order valence-corrected chi connectivity index (χ1v) is 10.3. The van der Waals surface area contributed by atoms with E-state index >= 15 is 0 Å². The minimum atomic E-state index is -0.265. The van der Waals surface area contributed by atoms with Crippen LogP contribution >= 0.6 is 0 Å². The molecule has 1 aromatic rings. The highest BCUT2D eigenvalue weighted by molar-refractivity contribution is 5.80. The average molecular weight is 389 g/mol. The fraction of sp³-hybridized carbons (Fsp3) is 0.650. The van der Waals surface area contributed by atoms with Gasteiger partial charge in [0.15, 0.2) is 5.96 Å². The zero-order valence-electron chi connectivity index (χ0n) is 16.7. The number of nitrogens with one attached hydrogen (secondary N) is 2. The summed E-state index contributed by atoms with van der Waals surface area (Å²) in [5, 5.41) is 6.82. The van der Waals surface area contributed by atoms with Gasteiger partial charge in [-0.15, -0.1) is 0 Å². The van der Waals surface area contributed by atoms with E-state index in [-0.39, 0.29) is 5.91 Å². The summed E-state index contributed by atoms with van der Waals surface area (Å²) in [6, 6.07) is 4.29. The molecule has 2 fully saturated rings. The Morgan fingerprint density at radius 2 is 2.14 bits per heavy atom. The number of carbonyl (C=O) groups is 1. The molecule has 8 nitrogen and oxygen atoms in total. The molecular formula is C20H32N6O2. The normalized spacial score (nSPS) is 18.7. The van der Waals surface area contributed by atoms with Crippen molar-refractivity contribution in [1.82, 2.24) is 20.5 Å². The smallest absolute Gasteiger partial charge is 0.231 e. The Bertz CT molecular complexity index is 668. The van der Waals surface area contributed by atoms with Crippen molar-refractivity contribution in [2.75, 3.05) is 32.8 Å². The number of likely N-dealkylation sites (tertiary alicyclic amines) is 1. The SMILES string of the molecule is CCNC(=NCc1ccnc(OCC2CC2)c1)NC1CCN(CC(N)=O)CC1. The number of aromatic nitrogens is 1. The molecule has 3 rings (SSSR count). The van der Waals surface area contributed by atoms with Gasteiger partial charge in [-0.2, -0.15) is 0 Å². The predicted molar refractivity (Wildman–Crippen MR) is 109 cm³/mol. The molecule has 0 unspecified atom stereocenters. The molecule has 1 amide bonds. The summed E-state index contributed by atoms with van der Waals surface area (Å²) >= 11 is 0. The quantitative estimate of drug-likeness (QED) is 0.428. The number of carbonyl (C=O) groups excluding carboxylic acids is 1. The second-order valence-corrected chi connectivity index (χ2v) is 7.61. The van der Waals surface area contributed by atoms with Gasteiger partial charge in [0, 0.05) is 37.9 Å². The van der Waals surface area contributed by atoms with E-state index in [0.29, 0.717) is 30.9 Å². The van der Waals surface area contributed by atoms with Gasteiger partial charge in [-0.25, -0.2) is 9.98 Å². The molecule has 1 aliphatic heterocycles. The van der Waals surface area contributed by atoms with Gasteiger partial charge in [0.2, 0.25) is 11.8 Å². The summed E-state index contributed by atoms with van der Waals surface area (Å²) in [5.74, 6) is 1.94. The van der Waals surface area contributed by atoms with Crippen molar-refractivity contribution >= 4 is 11.9 Å². The van der Waals surface area contributed by atoms with Gasteiger partial charge >= 0.3 is 0 Å². The van der Waals surface area contributed by atoms with E-state index in [4.69, 9.17) is 15.5 Å². The molecule has 2 aliphatic rings. The van der Waals surface area contributed by atoms with Crippen LogP contribution in [0, 0.1) is 5.92 Å². The molecule has 1 aliphatic carbocycles. The van der Waals surface area contributed by atoms with Gasteiger partial charge in [-0.1, -0.05) is 0 Å². The Balaban J connectivity index is 1.49. The van der Waals surface area contributed by atoms with Gasteiger partial charge < -0.3 is 21.1 Å². The third-order valence-electron chi connectivity index (χ3n) is 5.03. The van der Waals surface area contributed by atoms with Crippen molar-refractivity contribution < 1.29 is 9.53 Å². The molecule has 0 radical (unpaired) electrons. The van der Waals surface area contributed by atoms with Crippen LogP contribution in [0.25, 0.3) is 0 Å². The highest BCUT2D eigenvalue weighted by Gasteiger charge is 2.22. The average Bonchev–Trinajstić information content (AvgIpc) is 3.51.